The van der Waals surface area contributed by atoms with Crippen molar-refractivity contribution in [3.8, 4) is 0 Å². The molecular formula is C32H34ClN5O6. The summed E-state index contributed by atoms with van der Waals surface area (Å²) < 4.78 is 11.5. The molecule has 2 aromatic carbocycles. The minimum atomic E-state index is -0.581. The predicted molar refractivity (Wildman–Crippen MR) is 163 cm³/mol. The van der Waals surface area contributed by atoms with Gasteiger partial charge in [-0.25, -0.2) is 19.6 Å². The molecule has 3 heterocycles. The van der Waals surface area contributed by atoms with E-state index in [2.05, 4.69) is 16.8 Å². The normalized spacial score (nSPS) is 20.3. The third-order valence-corrected chi connectivity index (χ3v) is 8.97. The van der Waals surface area contributed by atoms with Crippen LogP contribution in [0.15, 0.2) is 48.8 Å². The number of benzene rings is 2. The number of nitrogens with zero attached hydrogens (tertiary/aromatic N) is 5. The fourth-order valence-electron chi connectivity index (χ4n) is 6.62. The van der Waals surface area contributed by atoms with E-state index in [4.69, 9.17) is 26.1 Å². The first kappa shape index (κ1) is 29.8. The summed E-state index contributed by atoms with van der Waals surface area (Å²) in [6, 6.07) is 11.3. The molecule has 1 fully saturated rings. The van der Waals surface area contributed by atoms with Crippen LogP contribution in [0.4, 0.5) is 22.0 Å². The number of halogens is 1. The van der Waals surface area contributed by atoms with E-state index < -0.39 is 22.6 Å². The summed E-state index contributed by atoms with van der Waals surface area (Å²) in [5.74, 6) is 0.213. The molecule has 0 unspecified atom stereocenters. The first-order chi connectivity index (χ1) is 20.8. The van der Waals surface area contributed by atoms with Gasteiger partial charge in [0.15, 0.2) is 0 Å². The Hall–Kier alpha value is -4.25. The van der Waals surface area contributed by atoms with E-state index >= 15 is 0 Å². The minimum absolute atomic E-state index is 0.0113. The lowest BCUT2D eigenvalue weighted by molar-refractivity contribution is -0.384. The molecular weight excluding hydrogens is 586 g/mol. The van der Waals surface area contributed by atoms with Gasteiger partial charge in [-0.15, -0.1) is 0 Å². The summed E-state index contributed by atoms with van der Waals surface area (Å²) in [4.78, 5) is 49.6. The number of esters is 1. The molecule has 1 aromatic heterocycles. The van der Waals surface area contributed by atoms with Crippen LogP contribution < -0.4 is 4.90 Å². The van der Waals surface area contributed by atoms with E-state index in [-0.39, 0.29) is 28.7 Å². The topological polar surface area (TPSA) is 128 Å². The first-order valence-corrected chi connectivity index (χ1v) is 15.1. The molecule has 2 aliphatic heterocycles. The third kappa shape index (κ3) is 5.45. The number of likely N-dealkylation sites (tertiary alicyclic amines) is 1. The minimum Gasteiger partial charge on any atom is -0.452 e. The highest BCUT2D eigenvalue weighted by Crippen LogP contribution is 2.53. The number of hydrogen-bond donors (Lipinski definition) is 0. The maximum Gasteiger partial charge on any atom is 0.410 e. The Kier molecular flexibility index (Phi) is 7.47. The lowest BCUT2D eigenvalue weighted by Crippen LogP contribution is -2.48. The molecule has 1 aliphatic carbocycles. The molecule has 0 saturated carbocycles. The van der Waals surface area contributed by atoms with Crippen LogP contribution in [0.5, 0.6) is 0 Å². The molecule has 2 atom stereocenters. The quantitative estimate of drug-likeness (QED) is 0.175. The summed E-state index contributed by atoms with van der Waals surface area (Å²) in [7, 11) is 0. The lowest BCUT2D eigenvalue weighted by atomic mass is 9.74. The van der Waals surface area contributed by atoms with Gasteiger partial charge in [0.25, 0.3) is 5.69 Å². The van der Waals surface area contributed by atoms with Gasteiger partial charge in [0.05, 0.1) is 16.2 Å². The van der Waals surface area contributed by atoms with Crippen LogP contribution in [0, 0.1) is 10.1 Å². The third-order valence-electron chi connectivity index (χ3n) is 8.73. The molecule has 11 nitrogen and oxygen atoms in total. The van der Waals surface area contributed by atoms with Gasteiger partial charge < -0.3 is 19.3 Å². The van der Waals surface area contributed by atoms with Crippen molar-refractivity contribution >= 4 is 40.9 Å². The van der Waals surface area contributed by atoms with Gasteiger partial charge in [-0.05, 0) is 81.8 Å². The number of amides is 1. The number of fused-ring (bicyclic) bond motifs is 3. The molecule has 12 heteroatoms. The highest BCUT2D eigenvalue weighted by atomic mass is 35.5. The van der Waals surface area contributed by atoms with E-state index in [1.807, 2.05) is 39.0 Å². The van der Waals surface area contributed by atoms with E-state index in [0.29, 0.717) is 36.8 Å². The van der Waals surface area contributed by atoms with Gasteiger partial charge in [0.1, 0.15) is 23.9 Å². The summed E-state index contributed by atoms with van der Waals surface area (Å²) in [5, 5.41) is 11.7. The molecule has 1 amide bonds. The zero-order valence-corrected chi connectivity index (χ0v) is 25.8. The van der Waals surface area contributed by atoms with Crippen molar-refractivity contribution < 1.29 is 24.0 Å². The maximum absolute atomic E-state index is 13.0. The van der Waals surface area contributed by atoms with E-state index in [0.717, 1.165) is 35.5 Å². The fourth-order valence-corrected chi connectivity index (χ4v) is 6.79. The summed E-state index contributed by atoms with van der Waals surface area (Å²) in [6.45, 7) is 9.46. The standard InChI is InChI=1S/C32H34ClN5O6/c1-19-15-25(43-29(39)20-5-8-22(9-6-20)38(41)42)27-26(19)28(35-18-34-27)37-17-32(23-16-21(33)7-10-24(23)37)11-13-36(14-12-32)30(40)44-31(2,3)4/h5-10,16,18-19,25H,11-15,17H2,1-4H3/t19-,25-/m1/s1. The van der Waals surface area contributed by atoms with Crippen molar-refractivity contribution in [2.75, 3.05) is 24.5 Å². The predicted octanol–water partition coefficient (Wildman–Crippen LogP) is 6.86. The van der Waals surface area contributed by atoms with Gasteiger partial charge in [-0.1, -0.05) is 18.5 Å². The number of non-ortho nitro benzene ring substituents is 1. The second kappa shape index (κ2) is 11.0. The van der Waals surface area contributed by atoms with Gasteiger partial charge >= 0.3 is 12.1 Å². The number of carbonyl (C=O) groups is 2. The maximum atomic E-state index is 13.0. The van der Waals surface area contributed by atoms with Crippen LogP contribution in [0.2, 0.25) is 5.02 Å². The second-order valence-corrected chi connectivity index (χ2v) is 13.3. The average molecular weight is 620 g/mol. The van der Waals surface area contributed by atoms with Gasteiger partial charge in [-0.3, -0.25) is 10.1 Å². The molecule has 1 saturated heterocycles. The molecule has 0 bridgehead atoms. The van der Waals surface area contributed by atoms with Crippen molar-refractivity contribution in [2.45, 2.75) is 70.0 Å². The van der Waals surface area contributed by atoms with E-state index in [1.165, 1.54) is 30.6 Å². The highest BCUT2D eigenvalue weighted by Gasteiger charge is 2.48. The number of ether oxygens (including phenoxy) is 2. The average Bonchev–Trinajstić information content (AvgIpc) is 3.46. The largest absolute Gasteiger partial charge is 0.452 e. The van der Waals surface area contributed by atoms with Crippen LogP contribution >= 0.6 is 11.6 Å². The Morgan fingerprint density at radius 3 is 2.45 bits per heavy atom. The number of piperidine rings is 1. The van der Waals surface area contributed by atoms with Crippen molar-refractivity contribution in [1.82, 2.24) is 14.9 Å². The monoisotopic (exact) mass is 619 g/mol. The number of nitro benzene ring substituents is 1. The van der Waals surface area contributed by atoms with Crippen LogP contribution in [-0.2, 0) is 14.9 Å². The number of aromatic nitrogens is 2. The molecule has 6 rings (SSSR count). The number of anilines is 2. The number of nitro groups is 1. The Balaban J connectivity index is 1.27. The highest BCUT2D eigenvalue weighted by molar-refractivity contribution is 6.30. The summed E-state index contributed by atoms with van der Waals surface area (Å²) >= 11 is 6.52. The number of hydrogen-bond acceptors (Lipinski definition) is 9. The van der Waals surface area contributed by atoms with E-state index in [9.17, 15) is 19.7 Å². The van der Waals surface area contributed by atoms with E-state index in [1.54, 1.807) is 4.90 Å². The summed E-state index contributed by atoms with van der Waals surface area (Å²) in [5.41, 5.74) is 3.07. The molecule has 44 heavy (non-hydrogen) atoms. The molecule has 0 N–H and O–H groups in total. The number of carbonyl (C=O) groups excluding carboxylic acids is 2. The number of rotatable bonds is 4. The molecule has 3 aromatic rings. The Morgan fingerprint density at radius 1 is 1.09 bits per heavy atom. The second-order valence-electron chi connectivity index (χ2n) is 12.8. The van der Waals surface area contributed by atoms with Gasteiger partial charge in [0, 0.05) is 53.5 Å². The van der Waals surface area contributed by atoms with Crippen LogP contribution in [0.25, 0.3) is 0 Å². The fraction of sp³-hybridized carbons (Fsp3) is 0.438. The molecule has 1 spiro atoms. The smallest absolute Gasteiger partial charge is 0.410 e. The van der Waals surface area contributed by atoms with Crippen molar-refractivity contribution in [1.29, 1.82) is 0 Å². The SMILES string of the molecule is C[C@@H]1C[C@@H](OC(=O)c2ccc([N+](=O)[O-])cc2)c2ncnc(N3CC4(CCN(C(=O)OC(C)(C)C)CC4)c4cc(Cl)ccc43)c21. The zero-order chi connectivity index (χ0) is 31.4. The van der Waals surface area contributed by atoms with Gasteiger partial charge in [-0.2, -0.15) is 0 Å². The summed E-state index contributed by atoms with van der Waals surface area (Å²) in [6.07, 6.45) is 2.65. The Morgan fingerprint density at radius 2 is 1.80 bits per heavy atom. The van der Waals surface area contributed by atoms with Crippen LogP contribution in [0.3, 0.4) is 0 Å². The van der Waals surface area contributed by atoms with Crippen molar-refractivity contribution in [3.05, 3.63) is 86.3 Å². The molecule has 0 radical (unpaired) electrons. The molecule has 230 valence electrons. The van der Waals surface area contributed by atoms with Gasteiger partial charge in [0.2, 0.25) is 0 Å². The first-order valence-electron chi connectivity index (χ1n) is 14.7. The molecule has 3 aliphatic rings. The van der Waals surface area contributed by atoms with Crippen LogP contribution in [-0.4, -0.2) is 57.1 Å². The lowest BCUT2D eigenvalue weighted by Gasteiger charge is -2.40. The zero-order valence-electron chi connectivity index (χ0n) is 25.1. The Labute approximate surface area is 260 Å². The Bertz CT molecular complexity index is 1630. The van der Waals surface area contributed by atoms with Crippen molar-refractivity contribution in [3.63, 3.8) is 0 Å². The van der Waals surface area contributed by atoms with Crippen LogP contribution in [0.1, 0.15) is 86.2 Å². The van der Waals surface area contributed by atoms with Crippen molar-refractivity contribution in [2.24, 2.45) is 0 Å².